The van der Waals surface area contributed by atoms with Crippen LogP contribution in [-0.4, -0.2) is 22.6 Å². The molecule has 0 bridgehead atoms. The fourth-order valence-corrected chi connectivity index (χ4v) is 3.23. The van der Waals surface area contributed by atoms with Gasteiger partial charge in [-0.25, -0.2) is 0 Å². The molecule has 4 aromatic rings. The van der Waals surface area contributed by atoms with Crippen molar-refractivity contribution in [1.82, 2.24) is 4.57 Å². The van der Waals surface area contributed by atoms with E-state index >= 15 is 0 Å². The third-order valence-electron chi connectivity index (χ3n) is 4.59. The molecule has 3 aromatic carbocycles. The number of hydrogen-bond acceptors (Lipinski definition) is 4. The van der Waals surface area contributed by atoms with Crippen molar-refractivity contribution in [1.29, 1.82) is 0 Å². The first-order chi connectivity index (χ1) is 14.6. The van der Waals surface area contributed by atoms with E-state index < -0.39 is 0 Å². The van der Waals surface area contributed by atoms with Crippen LogP contribution in [0.15, 0.2) is 85.1 Å². The third kappa shape index (κ3) is 4.91. The largest absolute Gasteiger partial charge is 0.468 e. The van der Waals surface area contributed by atoms with E-state index in [1.165, 1.54) is 5.56 Å². The number of non-ortho nitro benzene ring substituents is 1. The molecule has 0 aliphatic rings. The highest BCUT2D eigenvalue weighted by molar-refractivity contribution is 5.97. The minimum atomic E-state index is -0.344. The lowest BCUT2D eigenvalue weighted by Gasteiger charge is -2.05. The van der Waals surface area contributed by atoms with Crippen molar-refractivity contribution in [3.05, 3.63) is 101 Å². The van der Waals surface area contributed by atoms with Crippen LogP contribution in [0.3, 0.4) is 0 Å². The second kappa shape index (κ2) is 10.0. The number of hydrogen-bond donors (Lipinski definition) is 0. The lowest BCUT2D eigenvalue weighted by atomic mass is 10.0. The number of carbonyl (C=O) groups excluding carboxylic acids is 1. The van der Waals surface area contributed by atoms with Crippen LogP contribution >= 0.6 is 0 Å². The summed E-state index contributed by atoms with van der Waals surface area (Å²) in [6.45, 7) is 3.39. The summed E-state index contributed by atoms with van der Waals surface area (Å²) in [5.41, 5.74) is 4.36. The molecule has 0 atom stereocenters. The molecule has 0 N–H and O–H groups in total. The van der Waals surface area contributed by atoms with Gasteiger partial charge in [0.05, 0.1) is 11.5 Å². The summed E-state index contributed by atoms with van der Waals surface area (Å²) < 4.78 is 6.30. The van der Waals surface area contributed by atoms with Gasteiger partial charge in [-0.1, -0.05) is 60.7 Å². The van der Waals surface area contributed by atoms with Crippen molar-refractivity contribution in [2.45, 2.75) is 13.5 Å². The van der Waals surface area contributed by atoms with E-state index in [9.17, 15) is 14.9 Å². The lowest BCUT2D eigenvalue weighted by molar-refractivity contribution is -0.384. The van der Waals surface area contributed by atoms with Gasteiger partial charge in [-0.15, -0.1) is 0 Å². The fraction of sp³-hybridized carbons (Fsp3) is 0.125. The lowest BCUT2D eigenvalue weighted by Crippen LogP contribution is -1.97. The Morgan fingerprint density at radius 3 is 2.23 bits per heavy atom. The van der Waals surface area contributed by atoms with E-state index in [1.54, 1.807) is 19.1 Å². The van der Waals surface area contributed by atoms with Crippen molar-refractivity contribution >= 4 is 23.1 Å². The number of ether oxygens (including phenoxy) is 1. The summed E-state index contributed by atoms with van der Waals surface area (Å²) >= 11 is 0. The number of aromatic nitrogens is 1. The van der Waals surface area contributed by atoms with Crippen LogP contribution in [0.4, 0.5) is 5.69 Å². The SMILES string of the molecule is CCOC=O.O=[N+]([O-])c1ccc2c(c1)c(-c1ccccc1)cn2Cc1ccccc1. The van der Waals surface area contributed by atoms with Crippen LogP contribution in [0.25, 0.3) is 22.0 Å². The van der Waals surface area contributed by atoms with Crippen LogP contribution < -0.4 is 0 Å². The molecule has 0 spiro atoms. The molecular formula is C24H22N2O4. The van der Waals surface area contributed by atoms with Gasteiger partial charge in [0.2, 0.25) is 0 Å². The summed E-state index contributed by atoms with van der Waals surface area (Å²) in [5.74, 6) is 0. The molecule has 1 heterocycles. The van der Waals surface area contributed by atoms with Crippen LogP contribution in [0.5, 0.6) is 0 Å². The molecule has 6 heteroatoms. The quantitative estimate of drug-likeness (QED) is 0.244. The van der Waals surface area contributed by atoms with Crippen LogP contribution in [0, 0.1) is 10.1 Å². The van der Waals surface area contributed by atoms with Crippen molar-refractivity contribution in [3.8, 4) is 11.1 Å². The zero-order chi connectivity index (χ0) is 21.3. The van der Waals surface area contributed by atoms with Gasteiger partial charge >= 0.3 is 0 Å². The Labute approximate surface area is 174 Å². The monoisotopic (exact) mass is 402 g/mol. The molecule has 1 aromatic heterocycles. The highest BCUT2D eigenvalue weighted by Crippen LogP contribution is 2.33. The zero-order valence-electron chi connectivity index (χ0n) is 16.6. The molecule has 0 aliphatic heterocycles. The van der Waals surface area contributed by atoms with Crippen LogP contribution in [0.1, 0.15) is 12.5 Å². The molecule has 152 valence electrons. The molecule has 6 nitrogen and oxygen atoms in total. The standard InChI is InChI=1S/C21H16N2O2.C3H6O2/c24-23(25)18-11-12-21-19(13-18)20(17-9-5-2-6-10-17)15-22(21)14-16-7-3-1-4-8-16;1-2-5-3-4/h1-13,15H,14H2;3H,2H2,1H3. The summed E-state index contributed by atoms with van der Waals surface area (Å²) in [4.78, 5) is 20.0. The van der Waals surface area contributed by atoms with E-state index in [0.717, 1.165) is 28.6 Å². The molecule has 0 radical (unpaired) electrons. The van der Waals surface area contributed by atoms with Crippen molar-refractivity contribution in [3.63, 3.8) is 0 Å². The van der Waals surface area contributed by atoms with E-state index in [1.807, 2.05) is 54.6 Å². The number of nitro benzene ring substituents is 1. The molecule has 0 saturated heterocycles. The number of nitro groups is 1. The second-order valence-corrected chi connectivity index (χ2v) is 6.53. The summed E-state index contributed by atoms with van der Waals surface area (Å²) in [7, 11) is 0. The Kier molecular flexibility index (Phi) is 6.95. The maximum atomic E-state index is 11.2. The normalized spacial score (nSPS) is 10.2. The maximum absolute atomic E-state index is 11.2. The molecular weight excluding hydrogens is 380 g/mol. The zero-order valence-corrected chi connectivity index (χ0v) is 16.6. The Morgan fingerprint density at radius 2 is 1.67 bits per heavy atom. The summed E-state index contributed by atoms with van der Waals surface area (Å²) in [6, 6.07) is 25.2. The molecule has 30 heavy (non-hydrogen) atoms. The molecule has 0 unspecified atom stereocenters. The van der Waals surface area contributed by atoms with E-state index in [0.29, 0.717) is 13.1 Å². The first-order valence-corrected chi connectivity index (χ1v) is 9.56. The highest BCUT2D eigenvalue weighted by Gasteiger charge is 2.14. The van der Waals surface area contributed by atoms with Gasteiger partial charge in [0, 0.05) is 41.3 Å². The van der Waals surface area contributed by atoms with Gasteiger partial charge in [0.25, 0.3) is 12.2 Å². The van der Waals surface area contributed by atoms with Crippen LogP contribution in [0.2, 0.25) is 0 Å². The summed E-state index contributed by atoms with van der Waals surface area (Å²) in [6.07, 6.45) is 2.08. The average Bonchev–Trinajstić information content (AvgIpc) is 3.14. The Morgan fingerprint density at radius 1 is 1.00 bits per heavy atom. The highest BCUT2D eigenvalue weighted by atomic mass is 16.6. The predicted molar refractivity (Wildman–Crippen MR) is 117 cm³/mol. The van der Waals surface area contributed by atoms with E-state index in [2.05, 4.69) is 27.6 Å². The number of rotatable bonds is 6. The third-order valence-corrected chi connectivity index (χ3v) is 4.59. The maximum Gasteiger partial charge on any atom is 0.293 e. The van der Waals surface area contributed by atoms with Gasteiger partial charge in [-0.2, -0.15) is 0 Å². The van der Waals surface area contributed by atoms with E-state index in [4.69, 9.17) is 0 Å². The predicted octanol–water partition coefficient (Wildman–Crippen LogP) is 5.44. The average molecular weight is 402 g/mol. The minimum absolute atomic E-state index is 0.113. The Bertz CT molecular complexity index is 1120. The van der Waals surface area contributed by atoms with Gasteiger partial charge < -0.3 is 9.30 Å². The molecule has 4 rings (SSSR count). The van der Waals surface area contributed by atoms with Gasteiger partial charge in [0.15, 0.2) is 0 Å². The Balaban J connectivity index is 0.000000461. The second-order valence-electron chi connectivity index (χ2n) is 6.53. The number of nitrogens with zero attached hydrogens (tertiary/aromatic N) is 2. The minimum Gasteiger partial charge on any atom is -0.468 e. The first kappa shape index (κ1) is 20.8. The fourth-order valence-electron chi connectivity index (χ4n) is 3.23. The topological polar surface area (TPSA) is 74.4 Å². The number of fused-ring (bicyclic) bond motifs is 1. The molecule has 0 fully saturated rings. The number of carbonyl (C=O) groups is 1. The molecule has 0 amide bonds. The summed E-state index contributed by atoms with van der Waals surface area (Å²) in [5, 5.41) is 12.1. The van der Waals surface area contributed by atoms with Crippen molar-refractivity contribution < 1.29 is 14.5 Å². The molecule has 0 aliphatic carbocycles. The van der Waals surface area contributed by atoms with Gasteiger partial charge in [-0.05, 0) is 24.1 Å². The first-order valence-electron chi connectivity index (χ1n) is 9.56. The number of benzene rings is 3. The van der Waals surface area contributed by atoms with Gasteiger partial charge in [0.1, 0.15) is 0 Å². The van der Waals surface area contributed by atoms with Crippen LogP contribution in [-0.2, 0) is 16.1 Å². The van der Waals surface area contributed by atoms with E-state index in [-0.39, 0.29) is 10.6 Å². The van der Waals surface area contributed by atoms with Gasteiger partial charge in [-0.3, -0.25) is 14.9 Å². The molecule has 0 saturated carbocycles. The smallest absolute Gasteiger partial charge is 0.293 e. The van der Waals surface area contributed by atoms with Crippen molar-refractivity contribution in [2.24, 2.45) is 0 Å². The Hall–Kier alpha value is -3.93. The van der Waals surface area contributed by atoms with Crippen molar-refractivity contribution in [2.75, 3.05) is 6.61 Å².